The Bertz CT molecular complexity index is 453. The average Bonchev–Trinajstić information content (AvgIpc) is 3.20. The van der Waals surface area contributed by atoms with Gasteiger partial charge in [-0.1, -0.05) is 30.0 Å². The SMILES string of the molecule is C(#Cc1ccccc1)CNCC1CCN(C2CC2)C1. The number of likely N-dealkylation sites (tertiary alicyclic amines) is 1. The second kappa shape index (κ2) is 6.23. The van der Waals surface area contributed by atoms with Crippen molar-refractivity contribution in [2.24, 2.45) is 5.92 Å². The van der Waals surface area contributed by atoms with Gasteiger partial charge in [-0.05, 0) is 43.9 Å². The quantitative estimate of drug-likeness (QED) is 0.654. The Kier molecular flexibility index (Phi) is 4.17. The van der Waals surface area contributed by atoms with E-state index in [2.05, 4.69) is 34.2 Å². The zero-order valence-corrected chi connectivity index (χ0v) is 11.4. The Balaban J connectivity index is 1.34. The van der Waals surface area contributed by atoms with E-state index in [-0.39, 0.29) is 0 Å². The lowest BCUT2D eigenvalue weighted by Gasteiger charge is -2.14. The van der Waals surface area contributed by atoms with E-state index < -0.39 is 0 Å². The van der Waals surface area contributed by atoms with Crippen LogP contribution in [0.15, 0.2) is 30.3 Å². The van der Waals surface area contributed by atoms with Crippen LogP contribution >= 0.6 is 0 Å². The van der Waals surface area contributed by atoms with Gasteiger partial charge in [-0.25, -0.2) is 0 Å². The molecular weight excluding hydrogens is 232 g/mol. The van der Waals surface area contributed by atoms with Gasteiger partial charge in [-0.15, -0.1) is 0 Å². The highest BCUT2D eigenvalue weighted by Crippen LogP contribution is 2.31. The summed E-state index contributed by atoms with van der Waals surface area (Å²) in [6, 6.07) is 11.1. The fourth-order valence-electron chi connectivity index (χ4n) is 2.81. The summed E-state index contributed by atoms with van der Waals surface area (Å²) < 4.78 is 0. The standard InChI is InChI=1S/C17H22N2/c1-2-5-15(6-3-1)7-4-11-18-13-16-10-12-19(14-16)17-8-9-17/h1-3,5-6,16-18H,8-14H2. The molecule has 1 saturated carbocycles. The third kappa shape index (κ3) is 3.83. The van der Waals surface area contributed by atoms with Crippen LogP contribution in [0.3, 0.4) is 0 Å². The van der Waals surface area contributed by atoms with E-state index >= 15 is 0 Å². The number of nitrogens with zero attached hydrogens (tertiary/aromatic N) is 1. The van der Waals surface area contributed by atoms with Crippen LogP contribution in [-0.4, -0.2) is 37.1 Å². The van der Waals surface area contributed by atoms with E-state index in [1.165, 1.54) is 32.4 Å². The first-order valence-electron chi connectivity index (χ1n) is 7.40. The molecule has 0 radical (unpaired) electrons. The van der Waals surface area contributed by atoms with Gasteiger partial charge in [0.15, 0.2) is 0 Å². The van der Waals surface area contributed by atoms with Gasteiger partial charge in [0.05, 0.1) is 6.54 Å². The van der Waals surface area contributed by atoms with E-state index in [0.717, 1.165) is 30.6 Å². The van der Waals surface area contributed by atoms with Crippen molar-refractivity contribution >= 4 is 0 Å². The van der Waals surface area contributed by atoms with Crippen LogP contribution in [0, 0.1) is 17.8 Å². The van der Waals surface area contributed by atoms with Crippen LogP contribution in [0.5, 0.6) is 0 Å². The van der Waals surface area contributed by atoms with Crippen LogP contribution in [-0.2, 0) is 0 Å². The van der Waals surface area contributed by atoms with E-state index in [1.807, 2.05) is 18.2 Å². The molecule has 2 heteroatoms. The minimum Gasteiger partial charge on any atom is -0.306 e. The molecular formula is C17H22N2. The molecule has 0 spiro atoms. The lowest BCUT2D eigenvalue weighted by atomic mass is 10.1. The number of rotatable bonds is 4. The van der Waals surface area contributed by atoms with Gasteiger partial charge in [-0.3, -0.25) is 0 Å². The summed E-state index contributed by atoms with van der Waals surface area (Å²) in [6.07, 6.45) is 4.22. The van der Waals surface area contributed by atoms with Crippen molar-refractivity contribution in [3.05, 3.63) is 35.9 Å². The summed E-state index contributed by atoms with van der Waals surface area (Å²) in [4.78, 5) is 2.67. The molecule has 19 heavy (non-hydrogen) atoms. The highest BCUT2D eigenvalue weighted by molar-refractivity contribution is 5.33. The van der Waals surface area contributed by atoms with Gasteiger partial charge < -0.3 is 10.2 Å². The molecule has 2 fully saturated rings. The maximum Gasteiger partial charge on any atom is 0.0580 e. The van der Waals surface area contributed by atoms with Crippen molar-refractivity contribution in [2.75, 3.05) is 26.2 Å². The molecule has 2 nitrogen and oxygen atoms in total. The molecule has 0 bridgehead atoms. The van der Waals surface area contributed by atoms with Crippen LogP contribution in [0.1, 0.15) is 24.8 Å². The number of hydrogen-bond donors (Lipinski definition) is 1. The summed E-state index contributed by atoms with van der Waals surface area (Å²) in [7, 11) is 0. The Morgan fingerprint density at radius 3 is 2.79 bits per heavy atom. The van der Waals surface area contributed by atoms with Crippen molar-refractivity contribution in [2.45, 2.75) is 25.3 Å². The van der Waals surface area contributed by atoms with Gasteiger partial charge in [0.1, 0.15) is 0 Å². The predicted molar refractivity (Wildman–Crippen MR) is 78.9 cm³/mol. The smallest absolute Gasteiger partial charge is 0.0580 e. The van der Waals surface area contributed by atoms with Crippen LogP contribution in [0.25, 0.3) is 0 Å². The highest BCUT2D eigenvalue weighted by atomic mass is 15.2. The first-order valence-corrected chi connectivity index (χ1v) is 7.40. The van der Waals surface area contributed by atoms with Crippen LogP contribution < -0.4 is 5.32 Å². The second-order valence-electron chi connectivity index (χ2n) is 5.68. The lowest BCUT2D eigenvalue weighted by Crippen LogP contribution is -2.27. The minimum absolute atomic E-state index is 0.800. The minimum atomic E-state index is 0.800. The van der Waals surface area contributed by atoms with Crippen LogP contribution in [0.4, 0.5) is 0 Å². The van der Waals surface area contributed by atoms with E-state index in [1.54, 1.807) is 0 Å². The van der Waals surface area contributed by atoms with Crippen molar-refractivity contribution in [1.82, 2.24) is 10.2 Å². The van der Waals surface area contributed by atoms with Gasteiger partial charge in [0.25, 0.3) is 0 Å². The van der Waals surface area contributed by atoms with Gasteiger partial charge in [0, 0.05) is 24.7 Å². The summed E-state index contributed by atoms with van der Waals surface area (Å²) >= 11 is 0. The summed E-state index contributed by atoms with van der Waals surface area (Å²) in [5, 5.41) is 3.48. The number of benzene rings is 1. The summed E-state index contributed by atoms with van der Waals surface area (Å²) in [6.45, 7) is 4.53. The molecule has 1 aliphatic heterocycles. The second-order valence-corrected chi connectivity index (χ2v) is 5.68. The molecule has 1 unspecified atom stereocenters. The van der Waals surface area contributed by atoms with E-state index in [0.29, 0.717) is 0 Å². The number of hydrogen-bond acceptors (Lipinski definition) is 2. The zero-order chi connectivity index (χ0) is 12.9. The monoisotopic (exact) mass is 254 g/mol. The van der Waals surface area contributed by atoms with Crippen molar-refractivity contribution < 1.29 is 0 Å². The summed E-state index contributed by atoms with van der Waals surface area (Å²) in [5.74, 6) is 7.21. The number of nitrogens with one attached hydrogen (secondary N) is 1. The van der Waals surface area contributed by atoms with Crippen molar-refractivity contribution in [3.63, 3.8) is 0 Å². The average molecular weight is 254 g/mol. The fraction of sp³-hybridized carbons (Fsp3) is 0.529. The fourth-order valence-corrected chi connectivity index (χ4v) is 2.81. The topological polar surface area (TPSA) is 15.3 Å². The molecule has 0 amide bonds. The molecule has 100 valence electrons. The summed E-state index contributed by atoms with van der Waals surface area (Å²) in [5.41, 5.74) is 1.10. The molecule has 1 heterocycles. The normalized spacial score (nSPS) is 23.1. The molecule has 1 aliphatic carbocycles. The first kappa shape index (κ1) is 12.7. The molecule has 3 rings (SSSR count). The molecule has 1 N–H and O–H groups in total. The maximum absolute atomic E-state index is 3.48. The molecule has 1 aromatic rings. The largest absolute Gasteiger partial charge is 0.306 e. The molecule has 2 aliphatic rings. The van der Waals surface area contributed by atoms with Gasteiger partial charge in [-0.2, -0.15) is 0 Å². The molecule has 1 saturated heterocycles. The Morgan fingerprint density at radius 2 is 2.00 bits per heavy atom. The Hall–Kier alpha value is -1.30. The first-order chi connectivity index (χ1) is 9.42. The predicted octanol–water partition coefficient (Wildman–Crippen LogP) is 2.11. The van der Waals surface area contributed by atoms with Crippen LogP contribution in [0.2, 0.25) is 0 Å². The third-order valence-electron chi connectivity index (χ3n) is 4.03. The molecule has 0 aromatic heterocycles. The molecule has 1 atom stereocenters. The maximum atomic E-state index is 3.48. The lowest BCUT2D eigenvalue weighted by molar-refractivity contribution is 0.312. The Morgan fingerprint density at radius 1 is 1.16 bits per heavy atom. The zero-order valence-electron chi connectivity index (χ0n) is 11.4. The van der Waals surface area contributed by atoms with Gasteiger partial charge in [0.2, 0.25) is 0 Å². The Labute approximate surface area is 116 Å². The highest BCUT2D eigenvalue weighted by Gasteiger charge is 2.33. The van der Waals surface area contributed by atoms with E-state index in [9.17, 15) is 0 Å². The van der Waals surface area contributed by atoms with Crippen molar-refractivity contribution in [3.8, 4) is 11.8 Å². The molecule has 1 aromatic carbocycles. The van der Waals surface area contributed by atoms with Crippen molar-refractivity contribution in [1.29, 1.82) is 0 Å². The van der Waals surface area contributed by atoms with E-state index in [4.69, 9.17) is 0 Å². The third-order valence-corrected chi connectivity index (χ3v) is 4.03. The van der Waals surface area contributed by atoms with Gasteiger partial charge >= 0.3 is 0 Å².